The predicted molar refractivity (Wildman–Crippen MR) is 116 cm³/mol. The molecule has 3 rings (SSSR count). The zero-order valence-corrected chi connectivity index (χ0v) is 16.8. The van der Waals surface area contributed by atoms with Gasteiger partial charge in [-0.25, -0.2) is 4.79 Å². The zero-order valence-electron chi connectivity index (χ0n) is 16.8. The number of benzene rings is 3. The van der Waals surface area contributed by atoms with Gasteiger partial charge in [0.15, 0.2) is 0 Å². The van der Waals surface area contributed by atoms with E-state index >= 15 is 0 Å². The number of nitro benzene ring substituents is 1. The molecular formula is C24H22N2O5. The minimum Gasteiger partial charge on any atom is -0.419 e. The lowest BCUT2D eigenvalue weighted by Gasteiger charge is -2.10. The molecule has 31 heavy (non-hydrogen) atoms. The van der Waals surface area contributed by atoms with Gasteiger partial charge in [-0.3, -0.25) is 14.9 Å². The average Bonchev–Trinajstić information content (AvgIpc) is 2.79. The summed E-state index contributed by atoms with van der Waals surface area (Å²) in [5, 5.41) is 13.2. The number of nitrogens with one attached hydrogen (secondary N) is 1. The standard InChI is InChI=1S/C24H22N2O5/c27-23(25-17-16-19-11-14-21(15-12-19)26(29)30)24(28)31-22-9-5-4-8-20(22)13-10-18-6-2-1-3-7-18/h1-9,11-12,14-15H,10,13,16-17H2,(H,25,27). The molecule has 7 nitrogen and oxygen atoms in total. The van der Waals surface area contributed by atoms with E-state index in [0.29, 0.717) is 18.6 Å². The fourth-order valence-corrected chi connectivity index (χ4v) is 3.06. The molecule has 0 saturated heterocycles. The normalized spacial score (nSPS) is 10.3. The molecule has 0 fully saturated rings. The number of carbonyl (C=O) groups excluding carboxylic acids is 2. The van der Waals surface area contributed by atoms with Crippen LogP contribution in [0.5, 0.6) is 5.75 Å². The van der Waals surface area contributed by atoms with Crippen molar-refractivity contribution >= 4 is 17.6 Å². The number of hydrogen-bond acceptors (Lipinski definition) is 5. The van der Waals surface area contributed by atoms with Crippen LogP contribution in [-0.4, -0.2) is 23.3 Å². The third kappa shape index (κ3) is 6.50. The highest BCUT2D eigenvalue weighted by atomic mass is 16.6. The number of aryl methyl sites for hydroxylation is 2. The van der Waals surface area contributed by atoms with Crippen molar-refractivity contribution < 1.29 is 19.2 Å². The van der Waals surface area contributed by atoms with E-state index in [0.717, 1.165) is 17.5 Å². The molecule has 0 heterocycles. The number of hydrogen-bond donors (Lipinski definition) is 1. The highest BCUT2D eigenvalue weighted by Gasteiger charge is 2.17. The van der Waals surface area contributed by atoms with Crippen molar-refractivity contribution in [2.75, 3.05) is 6.54 Å². The lowest BCUT2D eigenvalue weighted by molar-refractivity contribution is -0.384. The number of ether oxygens (including phenoxy) is 1. The molecule has 0 unspecified atom stereocenters. The van der Waals surface area contributed by atoms with Gasteiger partial charge in [0, 0.05) is 18.7 Å². The van der Waals surface area contributed by atoms with Crippen molar-refractivity contribution in [2.24, 2.45) is 0 Å². The minimum absolute atomic E-state index is 0.00212. The molecule has 0 saturated carbocycles. The van der Waals surface area contributed by atoms with Gasteiger partial charge in [0.05, 0.1) is 4.92 Å². The Kier molecular flexibility index (Phi) is 7.48. The quantitative estimate of drug-likeness (QED) is 0.198. The first-order valence-corrected chi connectivity index (χ1v) is 9.88. The van der Waals surface area contributed by atoms with Crippen LogP contribution in [0.3, 0.4) is 0 Å². The van der Waals surface area contributed by atoms with Crippen LogP contribution in [0.2, 0.25) is 0 Å². The smallest absolute Gasteiger partial charge is 0.402 e. The van der Waals surface area contributed by atoms with E-state index in [2.05, 4.69) is 5.32 Å². The summed E-state index contributed by atoms with van der Waals surface area (Å²) in [4.78, 5) is 34.5. The van der Waals surface area contributed by atoms with Gasteiger partial charge in [0.1, 0.15) is 5.75 Å². The number of non-ortho nitro benzene ring substituents is 1. The molecule has 3 aromatic rings. The van der Waals surface area contributed by atoms with Crippen LogP contribution < -0.4 is 10.1 Å². The molecule has 0 aliphatic heterocycles. The highest BCUT2D eigenvalue weighted by molar-refractivity contribution is 6.33. The lowest BCUT2D eigenvalue weighted by Crippen LogP contribution is -2.35. The summed E-state index contributed by atoms with van der Waals surface area (Å²) in [5.41, 5.74) is 2.83. The van der Waals surface area contributed by atoms with Crippen molar-refractivity contribution in [3.8, 4) is 5.75 Å². The summed E-state index contributed by atoms with van der Waals surface area (Å²) in [5.74, 6) is -1.44. The van der Waals surface area contributed by atoms with E-state index in [-0.39, 0.29) is 12.2 Å². The first-order valence-electron chi connectivity index (χ1n) is 9.88. The van der Waals surface area contributed by atoms with Crippen LogP contribution in [-0.2, 0) is 28.9 Å². The Balaban J connectivity index is 1.50. The van der Waals surface area contributed by atoms with Crippen molar-refractivity contribution in [3.63, 3.8) is 0 Å². The summed E-state index contributed by atoms with van der Waals surface area (Å²) in [7, 11) is 0. The molecule has 158 valence electrons. The first kappa shape index (κ1) is 21.7. The summed E-state index contributed by atoms with van der Waals surface area (Å²) in [6.07, 6.45) is 1.90. The Morgan fingerprint density at radius 3 is 2.16 bits per heavy atom. The van der Waals surface area contributed by atoms with Gasteiger partial charge in [-0.05, 0) is 42.0 Å². The molecular weight excluding hydrogens is 396 g/mol. The third-order valence-corrected chi connectivity index (χ3v) is 4.73. The van der Waals surface area contributed by atoms with Crippen molar-refractivity contribution in [1.82, 2.24) is 5.32 Å². The van der Waals surface area contributed by atoms with Gasteiger partial charge in [-0.15, -0.1) is 0 Å². The summed E-state index contributed by atoms with van der Waals surface area (Å²) in [6, 6.07) is 23.2. The second-order valence-electron chi connectivity index (χ2n) is 6.91. The van der Waals surface area contributed by atoms with Crippen molar-refractivity contribution in [3.05, 3.63) is 106 Å². The first-order chi connectivity index (χ1) is 15.0. The Labute approximate surface area is 179 Å². The molecule has 7 heteroatoms. The molecule has 0 aliphatic carbocycles. The summed E-state index contributed by atoms with van der Waals surface area (Å²) < 4.78 is 5.31. The van der Waals surface area contributed by atoms with E-state index in [1.54, 1.807) is 24.3 Å². The molecule has 1 amide bonds. The third-order valence-electron chi connectivity index (χ3n) is 4.73. The maximum absolute atomic E-state index is 12.2. The van der Waals surface area contributed by atoms with Crippen LogP contribution in [0.25, 0.3) is 0 Å². The summed E-state index contributed by atoms with van der Waals surface area (Å²) in [6.45, 7) is 0.210. The Morgan fingerprint density at radius 2 is 1.45 bits per heavy atom. The Bertz CT molecular complexity index is 1050. The second kappa shape index (κ2) is 10.7. The largest absolute Gasteiger partial charge is 0.419 e. The molecule has 3 aromatic carbocycles. The van der Waals surface area contributed by atoms with Crippen LogP contribution in [0.15, 0.2) is 78.9 Å². The molecule has 0 atom stereocenters. The molecule has 0 radical (unpaired) electrons. The van der Waals surface area contributed by atoms with E-state index < -0.39 is 16.8 Å². The van der Waals surface area contributed by atoms with Gasteiger partial charge in [-0.2, -0.15) is 0 Å². The molecule has 0 aliphatic rings. The van der Waals surface area contributed by atoms with Gasteiger partial charge in [0.25, 0.3) is 5.69 Å². The molecule has 0 bridgehead atoms. The van der Waals surface area contributed by atoms with Crippen LogP contribution in [0.1, 0.15) is 16.7 Å². The number of carbonyl (C=O) groups is 2. The summed E-state index contributed by atoms with van der Waals surface area (Å²) >= 11 is 0. The van der Waals surface area contributed by atoms with Gasteiger partial charge in [-0.1, -0.05) is 60.7 Å². The predicted octanol–water partition coefficient (Wildman–Crippen LogP) is 3.64. The zero-order chi connectivity index (χ0) is 22.1. The maximum atomic E-state index is 12.2. The SMILES string of the molecule is O=C(NCCc1ccc([N+](=O)[O-])cc1)C(=O)Oc1ccccc1CCc1ccccc1. The Morgan fingerprint density at radius 1 is 0.806 bits per heavy atom. The Hall–Kier alpha value is -4.00. The van der Waals surface area contributed by atoms with Crippen LogP contribution in [0.4, 0.5) is 5.69 Å². The number of nitrogens with zero attached hydrogens (tertiary/aromatic N) is 1. The second-order valence-corrected chi connectivity index (χ2v) is 6.91. The monoisotopic (exact) mass is 418 g/mol. The minimum atomic E-state index is -0.976. The topological polar surface area (TPSA) is 98.5 Å². The highest BCUT2D eigenvalue weighted by Crippen LogP contribution is 2.20. The molecule has 0 aromatic heterocycles. The lowest BCUT2D eigenvalue weighted by atomic mass is 10.0. The maximum Gasteiger partial charge on any atom is 0.402 e. The van der Waals surface area contributed by atoms with Gasteiger partial charge < -0.3 is 10.1 Å². The van der Waals surface area contributed by atoms with E-state index in [4.69, 9.17) is 4.74 Å². The van der Waals surface area contributed by atoms with Gasteiger partial charge in [0.2, 0.25) is 0 Å². The van der Waals surface area contributed by atoms with Crippen molar-refractivity contribution in [1.29, 1.82) is 0 Å². The molecule has 0 spiro atoms. The van der Waals surface area contributed by atoms with Crippen LogP contribution >= 0.6 is 0 Å². The number of nitro groups is 1. The molecule has 1 N–H and O–H groups in total. The number of esters is 1. The average molecular weight is 418 g/mol. The van der Waals surface area contributed by atoms with Crippen molar-refractivity contribution in [2.45, 2.75) is 19.3 Å². The fourth-order valence-electron chi connectivity index (χ4n) is 3.06. The number of para-hydroxylation sites is 1. The van der Waals surface area contributed by atoms with E-state index in [9.17, 15) is 19.7 Å². The van der Waals surface area contributed by atoms with Gasteiger partial charge >= 0.3 is 11.9 Å². The van der Waals surface area contributed by atoms with E-state index in [1.807, 2.05) is 42.5 Å². The van der Waals surface area contributed by atoms with Crippen LogP contribution in [0, 0.1) is 10.1 Å². The van der Waals surface area contributed by atoms with E-state index in [1.165, 1.54) is 17.7 Å². The number of rotatable bonds is 8. The fraction of sp³-hybridized carbons (Fsp3) is 0.167. The number of amides is 1.